The molecule has 2 atom stereocenters. The Morgan fingerprint density at radius 3 is 2.86 bits per heavy atom. The molecule has 1 aromatic rings. The molecule has 0 bridgehead atoms. The molecule has 0 aliphatic carbocycles. The van der Waals surface area contributed by atoms with Crippen molar-refractivity contribution in [2.24, 2.45) is 11.7 Å². The van der Waals surface area contributed by atoms with Gasteiger partial charge in [-0.15, -0.1) is 0 Å². The number of nitrogens with one attached hydrogen (secondary N) is 1. The lowest BCUT2D eigenvalue weighted by atomic mass is 9.96. The minimum absolute atomic E-state index is 0.0503. The number of nitrogens with zero attached hydrogens (tertiary/aromatic N) is 1. The summed E-state index contributed by atoms with van der Waals surface area (Å²) >= 11 is 0. The second kappa shape index (κ2) is 6.72. The summed E-state index contributed by atoms with van der Waals surface area (Å²) in [4.78, 5) is 25.7. The fraction of sp³-hybridized carbons (Fsp3) is 0.500. The van der Waals surface area contributed by atoms with Crippen LogP contribution < -0.4 is 11.1 Å². The van der Waals surface area contributed by atoms with Crippen LogP contribution in [-0.2, 0) is 9.59 Å². The summed E-state index contributed by atoms with van der Waals surface area (Å²) < 4.78 is 0. The van der Waals surface area contributed by atoms with Crippen LogP contribution in [0.3, 0.4) is 0 Å². The van der Waals surface area contributed by atoms with Gasteiger partial charge in [0.25, 0.3) is 0 Å². The molecule has 1 heterocycles. The van der Waals surface area contributed by atoms with Crippen molar-refractivity contribution < 1.29 is 9.59 Å². The van der Waals surface area contributed by atoms with Crippen LogP contribution >= 0.6 is 0 Å². The largest absolute Gasteiger partial charge is 0.369 e. The molecule has 0 aromatic heterocycles. The first-order chi connectivity index (χ1) is 9.97. The molecule has 1 fully saturated rings. The zero-order chi connectivity index (χ0) is 15.4. The number of primary amides is 1. The number of nitrogens with two attached hydrogens (primary N) is 1. The van der Waals surface area contributed by atoms with E-state index in [0.29, 0.717) is 6.54 Å². The van der Waals surface area contributed by atoms with Crippen LogP contribution in [0, 0.1) is 12.8 Å². The Morgan fingerprint density at radius 2 is 2.19 bits per heavy atom. The van der Waals surface area contributed by atoms with Crippen molar-refractivity contribution in [3.63, 3.8) is 0 Å². The normalized spacial score (nSPS) is 20.8. The van der Waals surface area contributed by atoms with Gasteiger partial charge in [0.05, 0.1) is 12.0 Å². The molecule has 5 nitrogen and oxygen atoms in total. The summed E-state index contributed by atoms with van der Waals surface area (Å²) in [5.74, 6) is -0.468. The highest BCUT2D eigenvalue weighted by molar-refractivity contribution is 5.94. The van der Waals surface area contributed by atoms with Gasteiger partial charge in [-0.1, -0.05) is 12.1 Å². The molecule has 0 radical (unpaired) electrons. The molecule has 1 aromatic carbocycles. The summed E-state index contributed by atoms with van der Waals surface area (Å²) in [6, 6.07) is 7.45. The van der Waals surface area contributed by atoms with Crippen LogP contribution in [0.2, 0.25) is 0 Å². The van der Waals surface area contributed by atoms with Gasteiger partial charge in [-0.2, -0.15) is 0 Å². The SMILES string of the molecule is Cc1cccc(NC(=O)[C@H](C)N2CCC[C@H](C(N)=O)C2)c1. The maximum atomic E-state index is 12.3. The number of amides is 2. The Balaban J connectivity index is 1.97. The zero-order valence-corrected chi connectivity index (χ0v) is 12.6. The first kappa shape index (κ1) is 15.5. The third-order valence-corrected chi connectivity index (χ3v) is 4.07. The lowest BCUT2D eigenvalue weighted by Gasteiger charge is -2.34. The van der Waals surface area contributed by atoms with Crippen molar-refractivity contribution in [1.82, 2.24) is 4.90 Å². The van der Waals surface area contributed by atoms with Gasteiger partial charge in [0.15, 0.2) is 0 Å². The van der Waals surface area contributed by atoms with Gasteiger partial charge in [0, 0.05) is 12.2 Å². The first-order valence-electron chi connectivity index (χ1n) is 7.38. The van der Waals surface area contributed by atoms with Crippen LogP contribution in [0.15, 0.2) is 24.3 Å². The van der Waals surface area contributed by atoms with Crippen molar-refractivity contribution in [3.8, 4) is 0 Å². The van der Waals surface area contributed by atoms with E-state index < -0.39 is 0 Å². The van der Waals surface area contributed by atoms with Crippen LogP contribution in [0.1, 0.15) is 25.3 Å². The van der Waals surface area contributed by atoms with Crippen LogP contribution in [0.4, 0.5) is 5.69 Å². The van der Waals surface area contributed by atoms with E-state index in [1.165, 1.54) is 0 Å². The highest BCUT2D eigenvalue weighted by Crippen LogP contribution is 2.19. The van der Waals surface area contributed by atoms with Crippen molar-refractivity contribution in [3.05, 3.63) is 29.8 Å². The van der Waals surface area contributed by atoms with Gasteiger partial charge in [-0.05, 0) is 50.9 Å². The van der Waals surface area contributed by atoms with E-state index in [-0.39, 0.29) is 23.8 Å². The summed E-state index contributed by atoms with van der Waals surface area (Å²) in [6.07, 6.45) is 1.72. The second-order valence-electron chi connectivity index (χ2n) is 5.77. The molecular formula is C16H23N3O2. The zero-order valence-electron chi connectivity index (χ0n) is 12.6. The Kier molecular flexibility index (Phi) is 4.96. The first-order valence-corrected chi connectivity index (χ1v) is 7.38. The molecule has 1 aliphatic heterocycles. The number of likely N-dealkylation sites (tertiary alicyclic amines) is 1. The Labute approximate surface area is 125 Å². The summed E-state index contributed by atoms with van der Waals surface area (Å²) in [7, 11) is 0. The van der Waals surface area contributed by atoms with E-state index in [2.05, 4.69) is 5.32 Å². The molecule has 0 spiro atoms. The number of anilines is 1. The van der Waals surface area contributed by atoms with E-state index in [0.717, 1.165) is 30.6 Å². The van der Waals surface area contributed by atoms with Crippen molar-refractivity contribution in [2.45, 2.75) is 32.7 Å². The molecule has 2 rings (SSSR count). The molecule has 2 amide bonds. The third-order valence-electron chi connectivity index (χ3n) is 4.07. The molecule has 21 heavy (non-hydrogen) atoms. The number of rotatable bonds is 4. The maximum absolute atomic E-state index is 12.3. The predicted molar refractivity (Wildman–Crippen MR) is 82.8 cm³/mol. The number of hydrogen-bond donors (Lipinski definition) is 2. The van der Waals surface area contributed by atoms with Gasteiger partial charge in [-0.25, -0.2) is 0 Å². The van der Waals surface area contributed by atoms with E-state index in [9.17, 15) is 9.59 Å². The van der Waals surface area contributed by atoms with E-state index in [1.54, 1.807) is 0 Å². The fourth-order valence-electron chi connectivity index (χ4n) is 2.73. The van der Waals surface area contributed by atoms with E-state index in [1.807, 2.05) is 43.0 Å². The van der Waals surface area contributed by atoms with Crippen molar-refractivity contribution >= 4 is 17.5 Å². The quantitative estimate of drug-likeness (QED) is 0.882. The van der Waals surface area contributed by atoms with Gasteiger partial charge in [-0.3, -0.25) is 14.5 Å². The maximum Gasteiger partial charge on any atom is 0.241 e. The van der Waals surface area contributed by atoms with Gasteiger partial charge < -0.3 is 11.1 Å². The van der Waals surface area contributed by atoms with Crippen LogP contribution in [0.5, 0.6) is 0 Å². The number of hydrogen-bond acceptors (Lipinski definition) is 3. The number of piperidine rings is 1. The lowest BCUT2D eigenvalue weighted by molar-refractivity contribution is -0.127. The fourth-order valence-corrected chi connectivity index (χ4v) is 2.73. The van der Waals surface area contributed by atoms with Gasteiger partial charge in [0.1, 0.15) is 0 Å². The number of carbonyl (C=O) groups excluding carboxylic acids is 2. The molecule has 3 N–H and O–H groups in total. The minimum Gasteiger partial charge on any atom is -0.369 e. The Bertz CT molecular complexity index is 530. The lowest BCUT2D eigenvalue weighted by Crippen LogP contribution is -2.49. The summed E-state index contributed by atoms with van der Waals surface area (Å²) in [5.41, 5.74) is 7.28. The van der Waals surface area contributed by atoms with Crippen molar-refractivity contribution in [2.75, 3.05) is 18.4 Å². The number of benzene rings is 1. The van der Waals surface area contributed by atoms with Gasteiger partial charge >= 0.3 is 0 Å². The molecule has 0 unspecified atom stereocenters. The molecule has 1 saturated heterocycles. The topological polar surface area (TPSA) is 75.4 Å². The molecular weight excluding hydrogens is 266 g/mol. The monoisotopic (exact) mass is 289 g/mol. The number of carbonyl (C=O) groups is 2. The average Bonchev–Trinajstić information content (AvgIpc) is 2.46. The average molecular weight is 289 g/mol. The minimum atomic E-state index is -0.272. The highest BCUT2D eigenvalue weighted by Gasteiger charge is 2.29. The summed E-state index contributed by atoms with van der Waals surface area (Å²) in [6.45, 7) is 5.25. The smallest absolute Gasteiger partial charge is 0.241 e. The van der Waals surface area contributed by atoms with Crippen LogP contribution in [-0.4, -0.2) is 35.8 Å². The highest BCUT2D eigenvalue weighted by atomic mass is 16.2. The summed E-state index contributed by atoms with van der Waals surface area (Å²) in [5, 5.41) is 2.93. The molecule has 5 heteroatoms. The Hall–Kier alpha value is -1.88. The van der Waals surface area contributed by atoms with E-state index >= 15 is 0 Å². The molecule has 1 aliphatic rings. The van der Waals surface area contributed by atoms with Crippen LogP contribution in [0.25, 0.3) is 0 Å². The van der Waals surface area contributed by atoms with Gasteiger partial charge in [0.2, 0.25) is 11.8 Å². The molecule has 114 valence electrons. The predicted octanol–water partition coefficient (Wildman–Crippen LogP) is 1.52. The van der Waals surface area contributed by atoms with E-state index in [4.69, 9.17) is 5.73 Å². The standard InChI is InChI=1S/C16H23N3O2/c1-11-5-3-7-14(9-11)18-16(21)12(2)19-8-4-6-13(10-19)15(17)20/h3,5,7,9,12-13H,4,6,8,10H2,1-2H3,(H2,17,20)(H,18,21)/t12-,13-/m0/s1. The third kappa shape index (κ3) is 4.04. The van der Waals surface area contributed by atoms with Crippen molar-refractivity contribution in [1.29, 1.82) is 0 Å². The number of aryl methyl sites for hydroxylation is 1. The molecule has 0 saturated carbocycles. The second-order valence-corrected chi connectivity index (χ2v) is 5.77. The Morgan fingerprint density at radius 1 is 1.43 bits per heavy atom.